The van der Waals surface area contributed by atoms with Crippen LogP contribution in [0.3, 0.4) is 0 Å². The Morgan fingerprint density at radius 2 is 0.767 bits per heavy atom. The van der Waals surface area contributed by atoms with Crippen LogP contribution in [0.25, 0.3) is 0 Å². The standard InChI is InChI=1S/C15H13F13N2/c1-4-7(5(2)9(30)6(3)8(4)29)10(16,17)11(18,19)12(20,21)13(22,23)14(24,25)15(26,27)28/h29-30H2,1-3H3. The lowest BCUT2D eigenvalue weighted by Gasteiger charge is -2.40. The molecule has 1 aromatic carbocycles. The van der Waals surface area contributed by atoms with Gasteiger partial charge in [0.05, 0.1) is 0 Å². The van der Waals surface area contributed by atoms with Gasteiger partial charge in [0, 0.05) is 16.9 Å². The van der Waals surface area contributed by atoms with Gasteiger partial charge < -0.3 is 11.5 Å². The summed E-state index contributed by atoms with van der Waals surface area (Å²) in [7, 11) is 0. The van der Waals surface area contributed by atoms with Crippen LogP contribution in [0.15, 0.2) is 0 Å². The van der Waals surface area contributed by atoms with Gasteiger partial charge in [0.2, 0.25) is 0 Å². The molecule has 0 unspecified atom stereocenters. The maximum atomic E-state index is 14.5. The van der Waals surface area contributed by atoms with Crippen LogP contribution < -0.4 is 11.5 Å². The van der Waals surface area contributed by atoms with Crippen LogP contribution in [0.5, 0.6) is 0 Å². The first-order chi connectivity index (χ1) is 12.9. The summed E-state index contributed by atoms with van der Waals surface area (Å²) in [5.41, 5.74) is 4.87. The van der Waals surface area contributed by atoms with Gasteiger partial charge in [0.15, 0.2) is 0 Å². The van der Waals surface area contributed by atoms with Crippen LogP contribution in [0, 0.1) is 20.8 Å². The molecule has 30 heavy (non-hydrogen) atoms. The minimum absolute atomic E-state index is 0.173. The van der Waals surface area contributed by atoms with E-state index in [-0.39, 0.29) is 5.56 Å². The minimum atomic E-state index is -7.96. The van der Waals surface area contributed by atoms with Crippen molar-refractivity contribution in [2.75, 3.05) is 11.5 Å². The number of benzene rings is 1. The summed E-state index contributed by atoms with van der Waals surface area (Å²) in [6.07, 6.45) is -7.46. The third-order valence-electron chi connectivity index (χ3n) is 4.61. The van der Waals surface area contributed by atoms with Gasteiger partial charge in [-0.1, -0.05) is 0 Å². The van der Waals surface area contributed by atoms with Crippen LogP contribution in [0.1, 0.15) is 22.3 Å². The predicted octanol–water partition coefficient (Wildman–Crippen LogP) is 5.97. The molecule has 174 valence electrons. The Kier molecular flexibility index (Phi) is 5.80. The Bertz CT molecular complexity index is 811. The largest absolute Gasteiger partial charge is 0.460 e. The predicted molar refractivity (Wildman–Crippen MR) is 79.2 cm³/mol. The van der Waals surface area contributed by atoms with Crippen molar-refractivity contribution in [1.82, 2.24) is 0 Å². The van der Waals surface area contributed by atoms with Gasteiger partial charge in [0.25, 0.3) is 0 Å². The molecule has 0 heterocycles. The van der Waals surface area contributed by atoms with Gasteiger partial charge in [-0.3, -0.25) is 0 Å². The third-order valence-corrected chi connectivity index (χ3v) is 4.61. The summed E-state index contributed by atoms with van der Waals surface area (Å²) in [5.74, 6) is -37.5. The molecular formula is C15H13F13N2. The van der Waals surface area contributed by atoms with E-state index < -0.39 is 63.9 Å². The number of nitrogen functional groups attached to an aromatic ring is 2. The molecule has 0 aliphatic heterocycles. The van der Waals surface area contributed by atoms with Gasteiger partial charge >= 0.3 is 35.8 Å². The molecule has 0 amide bonds. The Morgan fingerprint density at radius 1 is 0.467 bits per heavy atom. The Labute approximate surface area is 160 Å². The van der Waals surface area contributed by atoms with Gasteiger partial charge in [-0.25, -0.2) is 0 Å². The second kappa shape index (κ2) is 6.70. The van der Waals surface area contributed by atoms with Crippen molar-refractivity contribution in [2.24, 2.45) is 0 Å². The van der Waals surface area contributed by atoms with E-state index in [0.717, 1.165) is 6.92 Å². The molecule has 4 N–H and O–H groups in total. The average molecular weight is 468 g/mol. The number of halogens is 13. The fourth-order valence-corrected chi connectivity index (χ4v) is 2.66. The molecular weight excluding hydrogens is 455 g/mol. The maximum Gasteiger partial charge on any atom is 0.460 e. The number of nitrogens with two attached hydrogens (primary N) is 2. The smallest absolute Gasteiger partial charge is 0.398 e. The Morgan fingerprint density at radius 3 is 1.07 bits per heavy atom. The molecule has 0 aliphatic carbocycles. The molecule has 1 aromatic rings. The first kappa shape index (κ1) is 25.9. The van der Waals surface area contributed by atoms with Gasteiger partial charge in [-0.2, -0.15) is 57.1 Å². The van der Waals surface area contributed by atoms with E-state index in [9.17, 15) is 57.1 Å². The number of hydrogen-bond donors (Lipinski definition) is 2. The molecule has 2 nitrogen and oxygen atoms in total. The van der Waals surface area contributed by atoms with E-state index in [2.05, 4.69) is 0 Å². The van der Waals surface area contributed by atoms with Crippen molar-refractivity contribution in [3.05, 3.63) is 22.3 Å². The van der Waals surface area contributed by atoms with Crippen molar-refractivity contribution in [2.45, 2.75) is 56.6 Å². The SMILES string of the molecule is Cc1c(N)c(C)c(C(F)(F)C(F)(F)C(F)(F)C(F)(F)C(F)(F)C(F)(F)F)c(C)c1N. The van der Waals surface area contributed by atoms with Crippen LogP contribution in [0.2, 0.25) is 0 Å². The van der Waals surface area contributed by atoms with Gasteiger partial charge in [-0.15, -0.1) is 0 Å². The molecule has 0 saturated carbocycles. The highest BCUT2D eigenvalue weighted by Gasteiger charge is 2.91. The van der Waals surface area contributed by atoms with Crippen molar-refractivity contribution in [3.8, 4) is 0 Å². The quantitative estimate of drug-likeness (QED) is 0.413. The monoisotopic (exact) mass is 468 g/mol. The van der Waals surface area contributed by atoms with Crippen molar-refractivity contribution in [1.29, 1.82) is 0 Å². The van der Waals surface area contributed by atoms with E-state index in [1.807, 2.05) is 0 Å². The van der Waals surface area contributed by atoms with E-state index in [0.29, 0.717) is 13.8 Å². The summed E-state index contributed by atoms with van der Waals surface area (Å²) in [6, 6.07) is 0. The van der Waals surface area contributed by atoms with Crippen molar-refractivity contribution in [3.63, 3.8) is 0 Å². The molecule has 1 rings (SSSR count). The lowest BCUT2D eigenvalue weighted by atomic mass is 9.84. The van der Waals surface area contributed by atoms with Crippen LogP contribution in [0.4, 0.5) is 68.5 Å². The zero-order valence-electron chi connectivity index (χ0n) is 15.1. The fraction of sp³-hybridized carbons (Fsp3) is 0.600. The lowest BCUT2D eigenvalue weighted by Crippen LogP contribution is -2.69. The molecule has 0 atom stereocenters. The van der Waals surface area contributed by atoms with Crippen molar-refractivity contribution >= 4 is 11.4 Å². The van der Waals surface area contributed by atoms with Gasteiger partial charge in [-0.05, 0) is 37.5 Å². The molecule has 0 saturated heterocycles. The number of rotatable bonds is 5. The number of alkyl halides is 13. The number of hydrogen-bond acceptors (Lipinski definition) is 2. The highest BCUT2D eigenvalue weighted by atomic mass is 19.4. The fourth-order valence-electron chi connectivity index (χ4n) is 2.66. The molecule has 0 aromatic heterocycles. The van der Waals surface area contributed by atoms with Crippen LogP contribution >= 0.6 is 0 Å². The first-order valence-corrected chi connectivity index (χ1v) is 7.53. The van der Waals surface area contributed by atoms with E-state index in [1.165, 1.54) is 0 Å². The molecule has 0 aliphatic rings. The topological polar surface area (TPSA) is 52.0 Å². The second-order valence-corrected chi connectivity index (χ2v) is 6.45. The zero-order chi connectivity index (χ0) is 24.5. The Balaban J connectivity index is 3.87. The van der Waals surface area contributed by atoms with Crippen molar-refractivity contribution < 1.29 is 57.1 Å². The average Bonchev–Trinajstić information content (AvgIpc) is 2.56. The maximum absolute atomic E-state index is 14.5. The second-order valence-electron chi connectivity index (χ2n) is 6.45. The normalized spacial score (nSPS) is 14.9. The van der Waals surface area contributed by atoms with Gasteiger partial charge in [0.1, 0.15) is 0 Å². The number of anilines is 2. The summed E-state index contributed by atoms with van der Waals surface area (Å²) in [6.45, 7) is 2.29. The molecule has 0 spiro atoms. The summed E-state index contributed by atoms with van der Waals surface area (Å²) < 4.78 is 173. The van der Waals surface area contributed by atoms with Crippen LogP contribution in [-0.2, 0) is 5.92 Å². The molecule has 0 bridgehead atoms. The minimum Gasteiger partial charge on any atom is -0.398 e. The zero-order valence-corrected chi connectivity index (χ0v) is 15.1. The summed E-state index contributed by atoms with van der Waals surface area (Å²) in [4.78, 5) is 0. The lowest BCUT2D eigenvalue weighted by molar-refractivity contribution is -0.441. The molecule has 15 heteroatoms. The highest BCUT2D eigenvalue weighted by molar-refractivity contribution is 5.72. The van der Waals surface area contributed by atoms with Crippen LogP contribution in [-0.4, -0.2) is 29.9 Å². The molecule has 0 radical (unpaired) electrons. The first-order valence-electron chi connectivity index (χ1n) is 7.53. The summed E-state index contributed by atoms with van der Waals surface area (Å²) in [5, 5.41) is 0. The Hall–Kier alpha value is -2.09. The van der Waals surface area contributed by atoms with E-state index in [1.54, 1.807) is 0 Å². The highest BCUT2D eigenvalue weighted by Crippen LogP contribution is 2.62. The third kappa shape index (κ3) is 3.02. The van der Waals surface area contributed by atoms with E-state index >= 15 is 0 Å². The molecule has 0 fully saturated rings. The summed E-state index contributed by atoms with van der Waals surface area (Å²) >= 11 is 0. The van der Waals surface area contributed by atoms with E-state index in [4.69, 9.17) is 11.5 Å².